The van der Waals surface area contributed by atoms with Crippen molar-refractivity contribution < 1.29 is 9.53 Å². The van der Waals surface area contributed by atoms with E-state index >= 15 is 0 Å². The quantitative estimate of drug-likeness (QED) is 0.335. The van der Waals surface area contributed by atoms with E-state index in [0.717, 1.165) is 21.9 Å². The maximum atomic E-state index is 13.0. The van der Waals surface area contributed by atoms with Crippen LogP contribution in [0.5, 0.6) is 5.75 Å². The number of nitrogens with zero attached hydrogens (tertiary/aromatic N) is 1. The molecule has 1 aliphatic heterocycles. The Kier molecular flexibility index (Phi) is 6.63. The molecule has 0 spiro atoms. The highest BCUT2D eigenvalue weighted by Gasteiger charge is 2.33. The van der Waals surface area contributed by atoms with Crippen molar-refractivity contribution in [3.05, 3.63) is 59.0 Å². The molecule has 0 aromatic heterocycles. The minimum absolute atomic E-state index is 0.0954. The van der Waals surface area contributed by atoms with Gasteiger partial charge in [-0.3, -0.25) is 9.69 Å². The Balaban J connectivity index is 1.89. The van der Waals surface area contributed by atoms with Gasteiger partial charge < -0.3 is 4.74 Å². The van der Waals surface area contributed by atoms with Crippen molar-refractivity contribution in [3.8, 4) is 5.75 Å². The molecule has 27 heavy (non-hydrogen) atoms. The highest BCUT2D eigenvalue weighted by Crippen LogP contribution is 2.38. The first-order valence-corrected chi connectivity index (χ1v) is 11.1. The van der Waals surface area contributed by atoms with Gasteiger partial charge in [-0.05, 0) is 42.5 Å². The number of carbonyl (C=O) groups is 1. The highest BCUT2D eigenvalue weighted by molar-refractivity contribution is 8.27. The second-order valence-corrected chi connectivity index (χ2v) is 9.02. The molecule has 140 valence electrons. The molecule has 2 aromatic rings. The molecule has 0 radical (unpaired) electrons. The Morgan fingerprint density at radius 3 is 2.74 bits per heavy atom. The summed E-state index contributed by atoms with van der Waals surface area (Å²) in [5.41, 5.74) is 1.69. The van der Waals surface area contributed by atoms with Crippen LogP contribution in [0, 0.1) is 5.92 Å². The van der Waals surface area contributed by atoms with Crippen molar-refractivity contribution in [1.29, 1.82) is 0 Å². The van der Waals surface area contributed by atoms with Crippen LogP contribution in [0.3, 0.4) is 0 Å². The predicted octanol–water partition coefficient (Wildman–Crippen LogP) is 5.85. The molecule has 3 rings (SSSR count). The van der Waals surface area contributed by atoms with Crippen LogP contribution in [0.15, 0.2) is 58.3 Å². The third kappa shape index (κ3) is 4.75. The topological polar surface area (TPSA) is 29.5 Å². The highest BCUT2D eigenvalue weighted by atomic mass is 32.2. The van der Waals surface area contributed by atoms with Crippen molar-refractivity contribution in [1.82, 2.24) is 0 Å². The second kappa shape index (κ2) is 8.95. The van der Waals surface area contributed by atoms with E-state index in [1.54, 1.807) is 16.7 Å². The van der Waals surface area contributed by atoms with Gasteiger partial charge in [0.05, 0.1) is 17.2 Å². The van der Waals surface area contributed by atoms with Gasteiger partial charge in [-0.15, -0.1) is 11.8 Å². The Morgan fingerprint density at radius 2 is 2.00 bits per heavy atom. The lowest BCUT2D eigenvalue weighted by Crippen LogP contribution is -2.27. The van der Waals surface area contributed by atoms with Crippen LogP contribution in [-0.2, 0) is 4.79 Å². The molecule has 0 saturated carbocycles. The van der Waals surface area contributed by atoms with E-state index in [2.05, 4.69) is 13.8 Å². The number of anilines is 1. The molecule has 1 amide bonds. The van der Waals surface area contributed by atoms with E-state index in [1.807, 2.05) is 60.9 Å². The van der Waals surface area contributed by atoms with Gasteiger partial charge in [-0.2, -0.15) is 0 Å². The number of para-hydroxylation sites is 1. The maximum Gasteiger partial charge on any atom is 0.270 e. The molecule has 6 heteroatoms. The lowest BCUT2D eigenvalue weighted by atomic mass is 10.1. The average molecular weight is 416 g/mol. The first kappa shape index (κ1) is 20.0. The summed E-state index contributed by atoms with van der Waals surface area (Å²) in [6.45, 7) is 4.85. The number of thiocarbonyl (C=S) groups is 1. The van der Waals surface area contributed by atoms with Crippen molar-refractivity contribution in [2.24, 2.45) is 5.92 Å². The number of amides is 1. The van der Waals surface area contributed by atoms with E-state index in [-0.39, 0.29) is 5.91 Å². The Morgan fingerprint density at radius 1 is 1.22 bits per heavy atom. The summed E-state index contributed by atoms with van der Waals surface area (Å²) >= 11 is 8.44. The third-order valence-corrected chi connectivity index (χ3v) is 5.91. The lowest BCUT2D eigenvalue weighted by Gasteiger charge is -2.15. The largest absolute Gasteiger partial charge is 0.493 e. The van der Waals surface area contributed by atoms with Gasteiger partial charge in [0.1, 0.15) is 5.75 Å². The van der Waals surface area contributed by atoms with Gasteiger partial charge in [-0.25, -0.2) is 0 Å². The molecule has 0 N–H and O–H groups in total. The van der Waals surface area contributed by atoms with Crippen molar-refractivity contribution >= 4 is 57.7 Å². The SMILES string of the molecule is CSc1cccc(N2C(=O)/C(=C\c3ccccc3OCC(C)C)SC2=S)c1. The van der Waals surface area contributed by atoms with Crippen LogP contribution in [0.2, 0.25) is 0 Å². The van der Waals surface area contributed by atoms with Crippen LogP contribution in [-0.4, -0.2) is 23.1 Å². The smallest absolute Gasteiger partial charge is 0.270 e. The lowest BCUT2D eigenvalue weighted by molar-refractivity contribution is -0.113. The molecule has 1 aliphatic rings. The summed E-state index contributed by atoms with van der Waals surface area (Å²) in [6.07, 6.45) is 3.88. The van der Waals surface area contributed by atoms with Gasteiger partial charge in [0.2, 0.25) is 0 Å². The normalized spacial score (nSPS) is 15.9. The molecule has 3 nitrogen and oxygen atoms in total. The summed E-state index contributed by atoms with van der Waals surface area (Å²) in [6, 6.07) is 15.6. The van der Waals surface area contributed by atoms with Gasteiger partial charge in [0.15, 0.2) is 4.32 Å². The molecule has 2 aromatic carbocycles. The fourth-order valence-corrected chi connectivity index (χ4v) is 4.31. The average Bonchev–Trinajstić information content (AvgIpc) is 2.94. The Hall–Kier alpha value is -1.76. The third-order valence-electron chi connectivity index (χ3n) is 3.88. The molecule has 0 unspecified atom stereocenters. The van der Waals surface area contributed by atoms with Crippen LogP contribution in [0.25, 0.3) is 6.08 Å². The standard InChI is InChI=1S/C21H21NO2S3/c1-14(2)13-24-18-10-5-4-7-15(18)11-19-20(23)22(21(25)27-19)16-8-6-9-17(12-16)26-3/h4-12,14H,13H2,1-3H3/b19-11+. The number of benzene rings is 2. The maximum absolute atomic E-state index is 13.0. The molecule has 1 heterocycles. The zero-order valence-corrected chi connectivity index (χ0v) is 17.9. The number of carbonyl (C=O) groups excluding carboxylic acids is 1. The van der Waals surface area contributed by atoms with Gasteiger partial charge >= 0.3 is 0 Å². The molecular weight excluding hydrogens is 394 g/mol. The molecule has 1 fully saturated rings. The van der Waals surface area contributed by atoms with Gasteiger partial charge in [-0.1, -0.05) is 62.1 Å². The summed E-state index contributed by atoms with van der Waals surface area (Å²) in [4.78, 5) is 16.3. The zero-order valence-electron chi connectivity index (χ0n) is 15.5. The van der Waals surface area contributed by atoms with Crippen molar-refractivity contribution in [2.45, 2.75) is 18.7 Å². The zero-order chi connectivity index (χ0) is 19.4. The Labute approximate surface area is 174 Å². The van der Waals surface area contributed by atoms with Crippen molar-refractivity contribution in [3.63, 3.8) is 0 Å². The number of hydrogen-bond donors (Lipinski definition) is 0. The summed E-state index contributed by atoms with van der Waals surface area (Å²) < 4.78 is 6.44. The minimum Gasteiger partial charge on any atom is -0.493 e. The molecule has 0 bridgehead atoms. The van der Waals surface area contributed by atoms with E-state index in [4.69, 9.17) is 17.0 Å². The number of hydrogen-bond acceptors (Lipinski definition) is 5. The number of rotatable bonds is 6. The van der Waals surface area contributed by atoms with E-state index in [1.165, 1.54) is 11.8 Å². The monoisotopic (exact) mass is 415 g/mol. The van der Waals surface area contributed by atoms with Gasteiger partial charge in [0, 0.05) is 10.5 Å². The van der Waals surface area contributed by atoms with E-state index in [0.29, 0.717) is 21.8 Å². The molecule has 1 saturated heterocycles. The first-order valence-electron chi connectivity index (χ1n) is 8.63. The number of ether oxygens (including phenoxy) is 1. The summed E-state index contributed by atoms with van der Waals surface area (Å²) in [5, 5.41) is 0. The van der Waals surface area contributed by atoms with Crippen LogP contribution in [0.1, 0.15) is 19.4 Å². The fraction of sp³-hybridized carbons (Fsp3) is 0.238. The molecular formula is C21H21NO2S3. The van der Waals surface area contributed by atoms with Gasteiger partial charge in [0.25, 0.3) is 5.91 Å². The molecule has 0 atom stereocenters. The second-order valence-electron chi connectivity index (χ2n) is 6.46. The summed E-state index contributed by atoms with van der Waals surface area (Å²) in [7, 11) is 0. The van der Waals surface area contributed by atoms with Crippen LogP contribution >= 0.6 is 35.7 Å². The summed E-state index contributed by atoms with van der Waals surface area (Å²) in [5.74, 6) is 1.11. The number of thioether (sulfide) groups is 2. The minimum atomic E-state index is -0.0954. The first-order chi connectivity index (χ1) is 13.0. The molecule has 0 aliphatic carbocycles. The predicted molar refractivity (Wildman–Crippen MR) is 121 cm³/mol. The van der Waals surface area contributed by atoms with Crippen LogP contribution < -0.4 is 9.64 Å². The fourth-order valence-electron chi connectivity index (χ4n) is 2.57. The van der Waals surface area contributed by atoms with Crippen molar-refractivity contribution in [2.75, 3.05) is 17.8 Å². The van der Waals surface area contributed by atoms with E-state index < -0.39 is 0 Å². The van der Waals surface area contributed by atoms with E-state index in [9.17, 15) is 4.79 Å². The van der Waals surface area contributed by atoms with Crippen LogP contribution in [0.4, 0.5) is 5.69 Å². The Bertz CT molecular complexity index is 893.